The number of carbonyl (C=O) groups excluding carboxylic acids is 4. The number of ether oxygens (including phenoxy) is 2. The van der Waals surface area contributed by atoms with Crippen LogP contribution in [0.2, 0.25) is 0 Å². The number of nitrogens with one attached hydrogen (secondary N) is 1. The molecule has 1 aromatic carbocycles. The summed E-state index contributed by atoms with van der Waals surface area (Å²) in [4.78, 5) is 68.1. The Hall–Kier alpha value is -4.74. The van der Waals surface area contributed by atoms with Crippen LogP contribution in [0.3, 0.4) is 0 Å². The number of benzene rings is 1. The number of ketones is 1. The number of para-hydroxylation sites is 1. The van der Waals surface area contributed by atoms with Crippen molar-refractivity contribution in [2.45, 2.75) is 85.4 Å². The molecule has 0 aliphatic rings. The molecule has 0 spiro atoms. The third kappa shape index (κ3) is 9.88. The number of nitrogens with two attached hydrogens (primary N) is 1. The Morgan fingerprint density at radius 2 is 1.73 bits per heavy atom. The number of pyridine rings is 1. The molecular formula is C33H43N5O7. The molecule has 2 heterocycles. The van der Waals surface area contributed by atoms with Gasteiger partial charge in [0.25, 0.3) is 5.56 Å². The number of nitrogens with zero attached hydrogens (tertiary/aromatic N) is 3. The van der Waals surface area contributed by atoms with Crippen LogP contribution < -0.4 is 16.6 Å². The predicted molar refractivity (Wildman–Crippen MR) is 170 cm³/mol. The first-order chi connectivity index (χ1) is 21.0. The largest absolute Gasteiger partial charge is 0.453 e. The summed E-state index contributed by atoms with van der Waals surface area (Å²) in [5.41, 5.74) is 6.23. The van der Waals surface area contributed by atoms with Gasteiger partial charge in [-0.1, -0.05) is 45.0 Å². The van der Waals surface area contributed by atoms with Gasteiger partial charge >= 0.3 is 12.2 Å². The van der Waals surface area contributed by atoms with Gasteiger partial charge in [-0.25, -0.2) is 19.1 Å². The molecule has 12 heteroatoms. The third-order valence-corrected chi connectivity index (χ3v) is 6.68. The first-order valence-electron chi connectivity index (χ1n) is 14.7. The first-order valence-corrected chi connectivity index (χ1v) is 14.7. The monoisotopic (exact) mass is 621 g/mol. The Bertz CT molecular complexity index is 1650. The van der Waals surface area contributed by atoms with E-state index >= 15 is 0 Å². The van der Waals surface area contributed by atoms with E-state index < -0.39 is 41.1 Å². The van der Waals surface area contributed by atoms with Crippen molar-refractivity contribution in [3.63, 3.8) is 0 Å². The summed E-state index contributed by atoms with van der Waals surface area (Å²) < 4.78 is 13.1. The second kappa shape index (κ2) is 14.4. The van der Waals surface area contributed by atoms with Crippen LogP contribution in [0.4, 0.5) is 9.59 Å². The Labute approximate surface area is 262 Å². The summed E-state index contributed by atoms with van der Waals surface area (Å²) in [5, 5.41) is 2.49. The minimum absolute atomic E-state index is 0.0410. The highest BCUT2D eigenvalue weighted by atomic mass is 16.6. The van der Waals surface area contributed by atoms with E-state index in [1.165, 1.54) is 34.5 Å². The third-order valence-electron chi connectivity index (χ3n) is 6.68. The lowest BCUT2D eigenvalue weighted by molar-refractivity contribution is -0.120. The number of rotatable bonds is 11. The topological polar surface area (TPSA) is 165 Å². The quantitative estimate of drug-likeness (QED) is 0.300. The van der Waals surface area contributed by atoms with Gasteiger partial charge in [-0.3, -0.25) is 14.4 Å². The molecule has 0 unspecified atom stereocenters. The second-order valence-electron chi connectivity index (χ2n) is 13.0. The van der Waals surface area contributed by atoms with Crippen LogP contribution in [0.15, 0.2) is 53.5 Å². The summed E-state index contributed by atoms with van der Waals surface area (Å²) in [6.45, 7) is 11.6. The van der Waals surface area contributed by atoms with Crippen molar-refractivity contribution in [2.75, 3.05) is 7.11 Å². The first kappa shape index (κ1) is 34.7. The number of hydrogen-bond donors (Lipinski definition) is 2. The van der Waals surface area contributed by atoms with Crippen molar-refractivity contribution in [3.8, 4) is 0 Å². The SMILES string of the molecule is COC(=O)N[C@@H](CC/C=C/C(N)=O)C(=O)Cc1cccn(Cc2nc3c(CC(C)(C)C)cccc3n2C(=O)OC(C)(C)C)c1=O. The molecule has 45 heavy (non-hydrogen) atoms. The Morgan fingerprint density at radius 1 is 1.04 bits per heavy atom. The summed E-state index contributed by atoms with van der Waals surface area (Å²) >= 11 is 0. The van der Waals surface area contributed by atoms with Crippen molar-refractivity contribution < 1.29 is 28.7 Å². The molecule has 0 aliphatic heterocycles. The van der Waals surface area contributed by atoms with Crippen molar-refractivity contribution in [1.29, 1.82) is 0 Å². The Balaban J connectivity index is 1.99. The molecule has 0 radical (unpaired) electrons. The van der Waals surface area contributed by atoms with Crippen LogP contribution in [-0.4, -0.2) is 56.7 Å². The van der Waals surface area contributed by atoms with Crippen LogP contribution in [0, 0.1) is 5.41 Å². The maximum absolute atomic E-state index is 13.6. The average molecular weight is 622 g/mol. The number of imidazole rings is 1. The number of methoxy groups -OCH3 is 1. The van der Waals surface area contributed by atoms with Crippen LogP contribution in [0.1, 0.15) is 71.3 Å². The molecule has 0 aliphatic carbocycles. The molecule has 2 aromatic heterocycles. The van der Waals surface area contributed by atoms with Gasteiger partial charge in [0.05, 0.1) is 30.7 Å². The summed E-state index contributed by atoms with van der Waals surface area (Å²) in [5.74, 6) is -0.748. The highest BCUT2D eigenvalue weighted by molar-refractivity contribution is 5.90. The summed E-state index contributed by atoms with van der Waals surface area (Å²) in [7, 11) is 1.18. The number of allylic oxidation sites excluding steroid dienone is 1. The van der Waals surface area contributed by atoms with E-state index in [1.807, 2.05) is 12.1 Å². The molecular weight excluding hydrogens is 578 g/mol. The number of carbonyl (C=O) groups is 4. The zero-order chi connectivity index (χ0) is 33.5. The highest BCUT2D eigenvalue weighted by Crippen LogP contribution is 2.28. The molecule has 0 saturated heterocycles. The van der Waals surface area contributed by atoms with Crippen molar-refractivity contribution in [2.24, 2.45) is 11.1 Å². The second-order valence-corrected chi connectivity index (χ2v) is 13.0. The standard InChI is InChI=1S/C33H43N5O7/c1-32(2,3)19-22-12-10-15-24-28(22)36-27(38(24)31(43)45-33(4,5)6)20-37-17-11-13-21(29(37)41)18-25(39)23(35-30(42)44-7)14-8-9-16-26(34)40/h9-13,15-17,23H,8,14,18-20H2,1-7H3,(H2,34,40)(H,35,42)/b16-9+/t23-/m0/s1. The average Bonchev–Trinajstić information content (AvgIpc) is 3.29. The van der Waals surface area contributed by atoms with Crippen LogP contribution in [0.5, 0.6) is 0 Å². The van der Waals surface area contributed by atoms with E-state index in [0.717, 1.165) is 5.56 Å². The molecule has 242 valence electrons. The molecule has 12 nitrogen and oxygen atoms in total. The minimum atomic E-state index is -0.972. The molecule has 0 fully saturated rings. The number of primary amides is 1. The van der Waals surface area contributed by atoms with Crippen LogP contribution >= 0.6 is 0 Å². The molecule has 2 amide bonds. The van der Waals surface area contributed by atoms with Gasteiger partial charge in [-0.05, 0) is 69.2 Å². The Morgan fingerprint density at radius 3 is 2.36 bits per heavy atom. The fourth-order valence-electron chi connectivity index (χ4n) is 4.82. The summed E-state index contributed by atoms with van der Waals surface area (Å²) in [6, 6.07) is 7.85. The number of amides is 2. The number of alkyl carbamates (subject to hydrolysis) is 1. The number of fused-ring (bicyclic) bond motifs is 1. The predicted octanol–water partition coefficient (Wildman–Crippen LogP) is 4.28. The van der Waals surface area contributed by atoms with Crippen molar-refractivity contribution in [1.82, 2.24) is 19.4 Å². The number of hydrogen-bond acceptors (Lipinski definition) is 8. The number of aromatic nitrogens is 3. The lowest BCUT2D eigenvalue weighted by Crippen LogP contribution is -2.42. The van der Waals surface area contributed by atoms with Gasteiger partial charge in [0, 0.05) is 18.2 Å². The fraction of sp³-hybridized carbons (Fsp3) is 0.455. The van der Waals surface area contributed by atoms with E-state index in [-0.39, 0.29) is 36.8 Å². The molecule has 1 atom stereocenters. The minimum Gasteiger partial charge on any atom is -0.453 e. The number of Topliss-reactive ketones (excluding diaryl/α,β-unsaturated/α-hetero) is 1. The Kier molecular flexibility index (Phi) is 11.1. The van der Waals surface area contributed by atoms with E-state index in [0.29, 0.717) is 23.3 Å². The molecule has 3 N–H and O–H groups in total. The maximum Gasteiger partial charge on any atom is 0.420 e. The van der Waals surface area contributed by atoms with Gasteiger partial charge < -0.3 is 25.1 Å². The van der Waals surface area contributed by atoms with Gasteiger partial charge in [0.1, 0.15) is 11.4 Å². The zero-order valence-electron chi connectivity index (χ0n) is 27.0. The maximum atomic E-state index is 13.6. The zero-order valence-corrected chi connectivity index (χ0v) is 27.0. The normalized spacial score (nSPS) is 12.7. The van der Waals surface area contributed by atoms with E-state index in [4.69, 9.17) is 15.5 Å². The fourth-order valence-corrected chi connectivity index (χ4v) is 4.82. The van der Waals surface area contributed by atoms with E-state index in [1.54, 1.807) is 39.1 Å². The van der Waals surface area contributed by atoms with Gasteiger partial charge in [0.15, 0.2) is 5.78 Å². The smallest absolute Gasteiger partial charge is 0.420 e. The van der Waals surface area contributed by atoms with Gasteiger partial charge in [-0.15, -0.1) is 0 Å². The van der Waals surface area contributed by atoms with Crippen molar-refractivity contribution in [3.05, 3.63) is 76.0 Å². The lowest BCUT2D eigenvalue weighted by atomic mass is 9.88. The van der Waals surface area contributed by atoms with Gasteiger partial charge in [0.2, 0.25) is 5.91 Å². The van der Waals surface area contributed by atoms with E-state index in [9.17, 15) is 24.0 Å². The molecule has 3 rings (SSSR count). The van der Waals surface area contributed by atoms with Gasteiger partial charge in [-0.2, -0.15) is 0 Å². The summed E-state index contributed by atoms with van der Waals surface area (Å²) in [6.07, 6.45) is 3.70. The highest BCUT2D eigenvalue weighted by Gasteiger charge is 2.26. The van der Waals surface area contributed by atoms with E-state index in [2.05, 4.69) is 30.8 Å². The van der Waals surface area contributed by atoms with Crippen LogP contribution in [-0.2, 0) is 38.4 Å². The van der Waals surface area contributed by atoms with Crippen LogP contribution in [0.25, 0.3) is 11.0 Å². The van der Waals surface area contributed by atoms with Crippen molar-refractivity contribution >= 4 is 34.9 Å². The molecule has 0 bridgehead atoms. The lowest BCUT2D eigenvalue weighted by Gasteiger charge is -2.21. The molecule has 3 aromatic rings. The molecule has 0 saturated carbocycles.